The van der Waals surface area contributed by atoms with Crippen molar-refractivity contribution >= 4 is 19.2 Å². The summed E-state index contributed by atoms with van der Waals surface area (Å²) < 4.78 is 0. The molecule has 0 heterocycles. The van der Waals surface area contributed by atoms with E-state index < -0.39 is 0 Å². The predicted octanol–water partition coefficient (Wildman–Crippen LogP) is 0.764. The van der Waals surface area contributed by atoms with Gasteiger partial charge in [0.25, 0.3) is 0 Å². The zero-order chi connectivity index (χ0) is 8.27. The Bertz CT molecular complexity index is 204. The van der Waals surface area contributed by atoms with E-state index in [1.54, 1.807) is 6.92 Å². The number of hydrogen-bond acceptors (Lipinski definition) is 1. The fourth-order valence-corrected chi connectivity index (χ4v) is 0.793. The first kappa shape index (κ1) is 8.24. The van der Waals surface area contributed by atoms with E-state index in [1.807, 2.05) is 6.92 Å². The predicted molar refractivity (Wildman–Crippen MR) is 51.3 cm³/mol. The topological polar surface area (TPSA) is 24.4 Å². The summed E-state index contributed by atoms with van der Waals surface area (Å²) in [4.78, 5) is 4.37. The van der Waals surface area contributed by atoms with Crippen LogP contribution in [-0.4, -0.2) is 25.3 Å². The van der Waals surface area contributed by atoms with Crippen molar-refractivity contribution in [1.29, 1.82) is 0 Å². The molecule has 0 aliphatic heterocycles. The Morgan fingerprint density at radius 2 is 2.27 bits per heavy atom. The molecule has 0 aromatic carbocycles. The summed E-state index contributed by atoms with van der Waals surface area (Å²) in [6, 6.07) is 0.570. The van der Waals surface area contributed by atoms with Crippen LogP contribution in [0.1, 0.15) is 19.8 Å². The monoisotopic (exact) mass is 148 g/mol. The second kappa shape index (κ2) is 3.51. The van der Waals surface area contributed by atoms with Gasteiger partial charge in [0.05, 0.1) is 0 Å². The van der Waals surface area contributed by atoms with Gasteiger partial charge in [-0.2, -0.15) is 0 Å². The second-order valence-electron chi connectivity index (χ2n) is 2.80. The van der Waals surface area contributed by atoms with Crippen molar-refractivity contribution in [2.24, 2.45) is 4.99 Å². The summed E-state index contributed by atoms with van der Waals surface area (Å²) in [7, 11) is 0. The number of rotatable bonds is 3. The molecule has 58 valence electrons. The molecule has 1 rings (SSSR count). The van der Waals surface area contributed by atoms with Gasteiger partial charge in [-0.25, -0.2) is 0 Å². The van der Waals surface area contributed by atoms with Crippen LogP contribution in [0.4, 0.5) is 0 Å². The molecule has 1 aliphatic carbocycles. The second-order valence-corrected chi connectivity index (χ2v) is 2.80. The normalized spacial score (nSPS) is 17.4. The van der Waals surface area contributed by atoms with Gasteiger partial charge in [0.1, 0.15) is 0 Å². The van der Waals surface area contributed by atoms with Crippen molar-refractivity contribution in [2.75, 3.05) is 0 Å². The standard InChI is InChI=1S/C8H13BN2/c1-6(9-3)10-7(2)11-8-4-5-8/h8H,1,3-5H2,2H3,(H,10,11). The van der Waals surface area contributed by atoms with Crippen LogP contribution in [0.25, 0.3) is 0 Å². The van der Waals surface area contributed by atoms with Crippen molar-refractivity contribution in [1.82, 2.24) is 5.32 Å². The quantitative estimate of drug-likeness (QED) is 0.356. The van der Waals surface area contributed by atoms with Crippen LogP contribution in [-0.2, 0) is 0 Å². The Labute approximate surface area is 68.3 Å². The summed E-state index contributed by atoms with van der Waals surface area (Å²) in [6.07, 6.45) is 2.47. The van der Waals surface area contributed by atoms with Gasteiger partial charge >= 0.3 is 67.5 Å². The fraction of sp³-hybridized carbons (Fsp3) is 0.500. The first-order valence-corrected chi connectivity index (χ1v) is 3.85. The molecular formula is C8H13BN2. The van der Waals surface area contributed by atoms with Crippen LogP contribution in [0.2, 0.25) is 0 Å². The molecule has 1 aliphatic rings. The molecule has 2 nitrogen and oxygen atoms in total. The third-order valence-electron chi connectivity index (χ3n) is 1.51. The Morgan fingerprint density at radius 3 is 2.73 bits per heavy atom. The first-order valence-electron chi connectivity index (χ1n) is 3.85. The molecule has 3 heteroatoms. The summed E-state index contributed by atoms with van der Waals surface area (Å²) in [6.45, 7) is 11.0. The Morgan fingerprint density at radius 1 is 1.64 bits per heavy atom. The molecule has 0 aromatic rings. The van der Waals surface area contributed by atoms with E-state index in [4.69, 9.17) is 0 Å². The van der Waals surface area contributed by atoms with Gasteiger partial charge in [-0.15, -0.1) is 0 Å². The Hall–Kier alpha value is -0.855. The van der Waals surface area contributed by atoms with Crippen molar-refractivity contribution in [3.63, 3.8) is 0 Å². The minimum atomic E-state index is 0.570. The van der Waals surface area contributed by atoms with Crippen molar-refractivity contribution < 1.29 is 0 Å². The summed E-state index contributed by atoms with van der Waals surface area (Å²) in [5.74, 6) is 0.942. The molecule has 0 radical (unpaired) electrons. The molecule has 0 amide bonds. The summed E-state index contributed by atoms with van der Waals surface area (Å²) >= 11 is 0. The number of aliphatic imine (C=N–C) groups is 1. The number of nitrogens with one attached hydrogen (secondary N) is 1. The van der Waals surface area contributed by atoms with Crippen LogP contribution < -0.4 is 5.32 Å². The molecule has 1 N–H and O–H groups in total. The van der Waals surface area contributed by atoms with Crippen LogP contribution in [0, 0.1) is 0 Å². The van der Waals surface area contributed by atoms with Crippen molar-refractivity contribution in [2.45, 2.75) is 25.8 Å². The SMILES string of the molecule is C=BC(=C)NC(C)=NC1CC1. The average Bonchev–Trinajstić information content (AvgIpc) is 2.71. The Balaban J connectivity index is 2.34. The van der Waals surface area contributed by atoms with Gasteiger partial charge in [-0.3, -0.25) is 0 Å². The minimum absolute atomic E-state index is 0.570. The van der Waals surface area contributed by atoms with Crippen LogP contribution in [0.15, 0.2) is 17.2 Å². The van der Waals surface area contributed by atoms with E-state index in [-0.39, 0.29) is 0 Å². The van der Waals surface area contributed by atoms with Crippen molar-refractivity contribution in [3.8, 4) is 0 Å². The van der Waals surface area contributed by atoms with Crippen LogP contribution >= 0.6 is 0 Å². The number of hydrogen-bond donors (Lipinski definition) is 1. The van der Waals surface area contributed by atoms with E-state index in [0.717, 1.165) is 11.4 Å². The maximum atomic E-state index is 4.37. The molecule has 1 fully saturated rings. The third-order valence-corrected chi connectivity index (χ3v) is 1.51. The van der Waals surface area contributed by atoms with Crippen molar-refractivity contribution in [3.05, 3.63) is 12.2 Å². The first-order chi connectivity index (χ1) is 5.22. The molecular weight excluding hydrogens is 135 g/mol. The van der Waals surface area contributed by atoms with E-state index in [9.17, 15) is 0 Å². The summed E-state index contributed by atoms with van der Waals surface area (Å²) in [5.41, 5.74) is 0.812. The zero-order valence-electron chi connectivity index (χ0n) is 6.93. The summed E-state index contributed by atoms with van der Waals surface area (Å²) in [5, 5.41) is 3.04. The maximum absolute atomic E-state index is 4.37. The number of amidine groups is 1. The van der Waals surface area contributed by atoms with Gasteiger partial charge in [0.2, 0.25) is 0 Å². The van der Waals surface area contributed by atoms with E-state index in [1.165, 1.54) is 12.8 Å². The van der Waals surface area contributed by atoms with E-state index in [0.29, 0.717) is 6.04 Å². The van der Waals surface area contributed by atoms with Crippen LogP contribution in [0.5, 0.6) is 0 Å². The van der Waals surface area contributed by atoms with Gasteiger partial charge in [-0.1, -0.05) is 0 Å². The third kappa shape index (κ3) is 3.17. The van der Waals surface area contributed by atoms with Gasteiger partial charge in [0, 0.05) is 0 Å². The van der Waals surface area contributed by atoms with E-state index >= 15 is 0 Å². The molecule has 11 heavy (non-hydrogen) atoms. The molecule has 0 bridgehead atoms. The molecule has 0 unspecified atom stereocenters. The van der Waals surface area contributed by atoms with Gasteiger partial charge in [0.15, 0.2) is 0 Å². The number of nitrogens with zero attached hydrogens (tertiary/aromatic N) is 1. The van der Waals surface area contributed by atoms with Gasteiger partial charge < -0.3 is 0 Å². The zero-order valence-corrected chi connectivity index (χ0v) is 6.93. The van der Waals surface area contributed by atoms with Crippen LogP contribution in [0.3, 0.4) is 0 Å². The Kier molecular flexibility index (Phi) is 2.63. The molecule has 1 saturated carbocycles. The average molecular weight is 148 g/mol. The van der Waals surface area contributed by atoms with Gasteiger partial charge in [-0.05, 0) is 0 Å². The molecule has 0 saturated heterocycles. The molecule has 0 aromatic heterocycles. The van der Waals surface area contributed by atoms with E-state index in [2.05, 4.69) is 23.4 Å². The fourth-order valence-electron chi connectivity index (χ4n) is 0.793. The molecule has 0 atom stereocenters. The molecule has 0 spiro atoms.